The maximum atomic E-state index is 2.49. The van der Waals surface area contributed by atoms with Crippen LogP contribution >= 0.6 is 0 Å². The molecule has 0 spiro atoms. The maximum Gasteiger partial charge on any atom is 0.0855 e. The van der Waals surface area contributed by atoms with E-state index in [0.717, 1.165) is 22.4 Å². The highest BCUT2D eigenvalue weighted by atomic mass is 35.5. The highest BCUT2D eigenvalue weighted by molar-refractivity contribution is 4.86. The van der Waals surface area contributed by atoms with E-state index in [4.69, 9.17) is 0 Å². The summed E-state index contributed by atoms with van der Waals surface area (Å²) in [6, 6.07) is 0.778. The smallest absolute Gasteiger partial charge is 0.0855 e. The first-order valence-corrected chi connectivity index (χ1v) is 7.45. The minimum atomic E-state index is 0. The van der Waals surface area contributed by atoms with Crippen LogP contribution in [0.5, 0.6) is 0 Å². The molecule has 1 saturated carbocycles. The molecule has 0 aromatic carbocycles. The van der Waals surface area contributed by atoms with E-state index in [1.165, 1.54) is 32.1 Å². The van der Waals surface area contributed by atoms with Gasteiger partial charge in [0.2, 0.25) is 0 Å². The molecule has 1 aliphatic rings. The zero-order valence-electron chi connectivity index (χ0n) is 13.6. The Morgan fingerprint density at radius 2 is 1.78 bits per heavy atom. The molecule has 0 aliphatic heterocycles. The van der Waals surface area contributed by atoms with Crippen LogP contribution in [0.4, 0.5) is 0 Å². The van der Waals surface area contributed by atoms with Gasteiger partial charge in [-0.3, -0.25) is 0 Å². The van der Waals surface area contributed by atoms with Crippen molar-refractivity contribution in [1.29, 1.82) is 0 Å². The molecule has 0 N–H and O–H groups in total. The molecule has 0 bridgehead atoms. The summed E-state index contributed by atoms with van der Waals surface area (Å²) in [5.74, 6) is 1.86. The molecule has 0 radical (unpaired) electrons. The van der Waals surface area contributed by atoms with Crippen LogP contribution in [-0.2, 0) is 0 Å². The van der Waals surface area contributed by atoms with Gasteiger partial charge in [-0.05, 0) is 43.4 Å². The second-order valence-electron chi connectivity index (χ2n) is 8.01. The first-order chi connectivity index (χ1) is 7.64. The average molecular weight is 276 g/mol. The average Bonchev–Trinajstić information content (AvgIpc) is 2.14. The van der Waals surface area contributed by atoms with Crippen molar-refractivity contribution >= 4 is 0 Å². The molecule has 0 amide bonds. The standard InChI is InChI=1S/C16H34N.ClH/c1-13-9-8-12-16(3,4)15(13)11-10-14(2)17(5,6)7;/h13-15H,8-12H2,1-7H3;1H/q+1;/p-1. The van der Waals surface area contributed by atoms with Crippen molar-refractivity contribution in [2.45, 2.75) is 65.8 Å². The number of quaternary nitrogens is 1. The molecule has 18 heavy (non-hydrogen) atoms. The zero-order valence-corrected chi connectivity index (χ0v) is 14.3. The first-order valence-electron chi connectivity index (χ1n) is 7.45. The Balaban J connectivity index is 0.00000289. The molecular weight excluding hydrogens is 242 g/mol. The Bertz CT molecular complexity index is 242. The lowest BCUT2D eigenvalue weighted by atomic mass is 9.62. The van der Waals surface area contributed by atoms with Crippen molar-refractivity contribution in [2.75, 3.05) is 21.1 Å². The van der Waals surface area contributed by atoms with E-state index in [0.29, 0.717) is 5.41 Å². The minimum Gasteiger partial charge on any atom is -1.00 e. The van der Waals surface area contributed by atoms with Gasteiger partial charge in [-0.25, -0.2) is 0 Å². The molecule has 0 aromatic rings. The van der Waals surface area contributed by atoms with Crippen molar-refractivity contribution in [3.63, 3.8) is 0 Å². The van der Waals surface area contributed by atoms with Crippen molar-refractivity contribution < 1.29 is 16.9 Å². The molecule has 3 atom stereocenters. The lowest BCUT2D eigenvalue weighted by Gasteiger charge is -2.44. The van der Waals surface area contributed by atoms with Crippen LogP contribution in [0.25, 0.3) is 0 Å². The Morgan fingerprint density at radius 3 is 2.22 bits per heavy atom. The summed E-state index contributed by atoms with van der Waals surface area (Å²) in [7, 11) is 6.96. The van der Waals surface area contributed by atoms with Gasteiger partial charge in [0.25, 0.3) is 0 Å². The van der Waals surface area contributed by atoms with Crippen molar-refractivity contribution in [3.05, 3.63) is 0 Å². The summed E-state index contributed by atoms with van der Waals surface area (Å²) < 4.78 is 1.10. The minimum absolute atomic E-state index is 0. The van der Waals surface area contributed by atoms with Crippen LogP contribution in [0.15, 0.2) is 0 Å². The summed E-state index contributed by atoms with van der Waals surface area (Å²) in [5.41, 5.74) is 0.572. The Labute approximate surface area is 121 Å². The van der Waals surface area contributed by atoms with Crippen LogP contribution in [0.2, 0.25) is 0 Å². The SMILES string of the molecule is CC1CCCC(C)(C)C1CCC(C)[N+](C)(C)C.[Cl-]. The summed E-state index contributed by atoms with van der Waals surface area (Å²) in [6.45, 7) is 9.86. The third-order valence-electron chi connectivity index (χ3n) is 5.39. The Hall–Kier alpha value is 0.250. The first kappa shape index (κ1) is 18.2. The molecule has 1 fully saturated rings. The fraction of sp³-hybridized carbons (Fsp3) is 1.00. The third kappa shape index (κ3) is 4.74. The molecular formula is C16H34ClN. The lowest BCUT2D eigenvalue weighted by molar-refractivity contribution is -0.894. The van der Waals surface area contributed by atoms with Crippen LogP contribution < -0.4 is 12.4 Å². The molecule has 2 heteroatoms. The second kappa shape index (κ2) is 6.61. The van der Waals surface area contributed by atoms with Crippen molar-refractivity contribution in [3.8, 4) is 0 Å². The predicted octanol–water partition coefficient (Wildman–Crippen LogP) is 1.33. The fourth-order valence-electron chi connectivity index (χ4n) is 3.52. The van der Waals surface area contributed by atoms with E-state index in [-0.39, 0.29) is 12.4 Å². The fourth-order valence-corrected chi connectivity index (χ4v) is 3.52. The van der Waals surface area contributed by atoms with Gasteiger partial charge >= 0.3 is 0 Å². The van der Waals surface area contributed by atoms with E-state index >= 15 is 0 Å². The maximum absolute atomic E-state index is 2.49. The molecule has 0 heterocycles. The highest BCUT2D eigenvalue weighted by Crippen LogP contribution is 2.46. The Morgan fingerprint density at radius 1 is 1.22 bits per heavy atom. The van der Waals surface area contributed by atoms with E-state index in [1.807, 2.05) is 0 Å². The van der Waals surface area contributed by atoms with Gasteiger partial charge in [0, 0.05) is 0 Å². The normalized spacial score (nSPS) is 29.5. The van der Waals surface area contributed by atoms with E-state index in [1.54, 1.807) is 0 Å². The highest BCUT2D eigenvalue weighted by Gasteiger charge is 2.37. The summed E-state index contributed by atoms with van der Waals surface area (Å²) in [4.78, 5) is 0. The molecule has 0 aromatic heterocycles. The van der Waals surface area contributed by atoms with Crippen molar-refractivity contribution in [1.82, 2.24) is 0 Å². The predicted molar refractivity (Wildman–Crippen MR) is 77.0 cm³/mol. The number of hydrogen-bond acceptors (Lipinski definition) is 0. The van der Waals surface area contributed by atoms with Gasteiger partial charge in [0.05, 0.1) is 27.2 Å². The van der Waals surface area contributed by atoms with E-state index in [9.17, 15) is 0 Å². The quantitative estimate of drug-likeness (QED) is 0.679. The van der Waals surface area contributed by atoms with E-state index in [2.05, 4.69) is 48.8 Å². The number of rotatable bonds is 4. The van der Waals surface area contributed by atoms with Gasteiger partial charge in [0.1, 0.15) is 0 Å². The number of nitrogens with zero attached hydrogens (tertiary/aromatic N) is 1. The third-order valence-corrected chi connectivity index (χ3v) is 5.39. The Kier molecular flexibility index (Phi) is 6.70. The summed E-state index contributed by atoms with van der Waals surface area (Å²) in [5, 5.41) is 0. The van der Waals surface area contributed by atoms with E-state index < -0.39 is 0 Å². The zero-order chi connectivity index (χ0) is 13.3. The van der Waals surface area contributed by atoms with Crippen LogP contribution in [-0.4, -0.2) is 31.7 Å². The van der Waals surface area contributed by atoms with Gasteiger partial charge in [-0.1, -0.05) is 33.6 Å². The van der Waals surface area contributed by atoms with Crippen LogP contribution in [0, 0.1) is 17.3 Å². The molecule has 1 rings (SSSR count). The molecule has 1 aliphatic carbocycles. The van der Waals surface area contributed by atoms with Gasteiger partial charge in [-0.2, -0.15) is 0 Å². The monoisotopic (exact) mass is 275 g/mol. The topological polar surface area (TPSA) is 0 Å². The van der Waals surface area contributed by atoms with Gasteiger partial charge in [0.15, 0.2) is 0 Å². The number of halogens is 1. The van der Waals surface area contributed by atoms with Gasteiger partial charge in [-0.15, -0.1) is 0 Å². The molecule has 1 nitrogen and oxygen atoms in total. The molecule has 0 saturated heterocycles. The van der Waals surface area contributed by atoms with Crippen LogP contribution in [0.1, 0.15) is 59.8 Å². The second-order valence-corrected chi connectivity index (χ2v) is 8.01. The molecule has 110 valence electrons. The number of hydrogen-bond donors (Lipinski definition) is 0. The lowest BCUT2D eigenvalue weighted by Crippen LogP contribution is -3.00. The van der Waals surface area contributed by atoms with Crippen molar-refractivity contribution in [2.24, 2.45) is 17.3 Å². The largest absolute Gasteiger partial charge is 1.00 e. The molecule has 3 unspecified atom stereocenters. The van der Waals surface area contributed by atoms with Crippen LogP contribution in [0.3, 0.4) is 0 Å². The summed E-state index contributed by atoms with van der Waals surface area (Å²) in [6.07, 6.45) is 7.12. The van der Waals surface area contributed by atoms with Gasteiger partial charge < -0.3 is 16.9 Å². The summed E-state index contributed by atoms with van der Waals surface area (Å²) >= 11 is 0.